The number of amides is 2. The van der Waals surface area contributed by atoms with Crippen LogP contribution in [0.15, 0.2) is 18.2 Å². The van der Waals surface area contributed by atoms with Gasteiger partial charge >= 0.3 is 0 Å². The van der Waals surface area contributed by atoms with E-state index < -0.39 is 17.0 Å². The first kappa shape index (κ1) is 15.9. The fraction of sp³-hybridized carbons (Fsp3) is 0.529. The topological polar surface area (TPSA) is 58.2 Å². The van der Waals surface area contributed by atoms with E-state index in [0.717, 1.165) is 25.3 Å². The molecular formula is C17H20F2N2O2. The van der Waals surface area contributed by atoms with Gasteiger partial charge in [-0.25, -0.2) is 8.78 Å². The average molecular weight is 322 g/mol. The van der Waals surface area contributed by atoms with E-state index in [4.69, 9.17) is 0 Å². The highest BCUT2D eigenvalue weighted by Gasteiger charge is 2.47. The number of carbonyl (C=O) groups is 2. The maximum atomic E-state index is 14.1. The number of carbonyl (C=O) groups excluding carboxylic acids is 2. The van der Waals surface area contributed by atoms with Crippen molar-refractivity contribution >= 4 is 11.8 Å². The van der Waals surface area contributed by atoms with Crippen molar-refractivity contribution in [2.24, 2.45) is 5.92 Å². The van der Waals surface area contributed by atoms with Gasteiger partial charge in [0.25, 0.3) is 0 Å². The summed E-state index contributed by atoms with van der Waals surface area (Å²) in [6.07, 6.45) is 3.54. The van der Waals surface area contributed by atoms with Crippen LogP contribution in [-0.4, -0.2) is 24.9 Å². The molecule has 2 N–H and O–H groups in total. The van der Waals surface area contributed by atoms with Gasteiger partial charge in [-0.05, 0) is 31.7 Å². The number of halogens is 2. The Hall–Kier alpha value is -1.98. The van der Waals surface area contributed by atoms with Gasteiger partial charge in [0.15, 0.2) is 0 Å². The molecule has 1 saturated heterocycles. The Kier molecular flexibility index (Phi) is 4.33. The Morgan fingerprint density at radius 1 is 1.30 bits per heavy atom. The van der Waals surface area contributed by atoms with Crippen molar-refractivity contribution in [1.29, 1.82) is 0 Å². The summed E-state index contributed by atoms with van der Waals surface area (Å²) in [4.78, 5) is 24.4. The van der Waals surface area contributed by atoms with Gasteiger partial charge in [0.2, 0.25) is 11.8 Å². The molecule has 0 radical (unpaired) electrons. The summed E-state index contributed by atoms with van der Waals surface area (Å²) < 4.78 is 27.2. The minimum absolute atomic E-state index is 0.0489. The standard InChI is InChI=1S/C17H20F2N2O2/c18-12-4-5-13(14(19)9-12)17(6-2-7-17)16(23)21-10-11-3-1-8-20-15(11)22/h4-5,9,11H,1-3,6-8,10H2,(H,20,22)(H,21,23). The quantitative estimate of drug-likeness (QED) is 0.891. The Morgan fingerprint density at radius 3 is 2.70 bits per heavy atom. The van der Waals surface area contributed by atoms with Crippen molar-refractivity contribution in [3.8, 4) is 0 Å². The lowest BCUT2D eigenvalue weighted by Gasteiger charge is -2.41. The van der Waals surface area contributed by atoms with Crippen molar-refractivity contribution in [1.82, 2.24) is 10.6 Å². The Balaban J connectivity index is 1.72. The normalized spacial score (nSPS) is 22.9. The van der Waals surface area contributed by atoms with Gasteiger partial charge in [-0.2, -0.15) is 0 Å². The molecule has 1 aromatic rings. The third kappa shape index (κ3) is 2.94. The summed E-state index contributed by atoms with van der Waals surface area (Å²) in [7, 11) is 0. The number of piperidine rings is 1. The third-order valence-electron chi connectivity index (χ3n) is 5.00. The van der Waals surface area contributed by atoms with E-state index in [-0.39, 0.29) is 29.8 Å². The van der Waals surface area contributed by atoms with E-state index in [1.807, 2.05) is 0 Å². The molecule has 6 heteroatoms. The summed E-state index contributed by atoms with van der Waals surface area (Å²) >= 11 is 0. The van der Waals surface area contributed by atoms with Crippen LogP contribution in [0.2, 0.25) is 0 Å². The van der Waals surface area contributed by atoms with Crippen molar-refractivity contribution in [2.75, 3.05) is 13.1 Å². The first-order valence-corrected chi connectivity index (χ1v) is 8.04. The molecule has 1 heterocycles. The van der Waals surface area contributed by atoms with Gasteiger partial charge in [0.05, 0.1) is 11.3 Å². The molecule has 2 fully saturated rings. The molecule has 0 spiro atoms. The predicted octanol–water partition coefficient (Wildman–Crippen LogP) is 2.03. The summed E-state index contributed by atoms with van der Waals surface area (Å²) in [5.41, 5.74) is -0.682. The molecule has 23 heavy (non-hydrogen) atoms. The summed E-state index contributed by atoms with van der Waals surface area (Å²) in [6, 6.07) is 3.36. The Bertz CT molecular complexity index is 629. The first-order chi connectivity index (χ1) is 11.0. The van der Waals surface area contributed by atoms with E-state index in [2.05, 4.69) is 10.6 Å². The van der Waals surface area contributed by atoms with Crippen LogP contribution >= 0.6 is 0 Å². The molecule has 3 rings (SSSR count). The highest BCUT2D eigenvalue weighted by molar-refractivity contribution is 5.90. The molecule has 1 atom stereocenters. The minimum Gasteiger partial charge on any atom is -0.356 e. The number of hydrogen-bond donors (Lipinski definition) is 2. The molecule has 1 aliphatic heterocycles. The zero-order valence-electron chi connectivity index (χ0n) is 12.8. The van der Waals surface area contributed by atoms with E-state index in [9.17, 15) is 18.4 Å². The molecule has 0 bridgehead atoms. The summed E-state index contributed by atoms with van der Waals surface area (Å²) in [6.45, 7) is 0.934. The highest BCUT2D eigenvalue weighted by Crippen LogP contribution is 2.45. The van der Waals surface area contributed by atoms with Crippen LogP contribution in [-0.2, 0) is 15.0 Å². The molecule has 1 aliphatic carbocycles. The highest BCUT2D eigenvalue weighted by atomic mass is 19.1. The van der Waals surface area contributed by atoms with E-state index in [0.29, 0.717) is 19.4 Å². The van der Waals surface area contributed by atoms with Crippen LogP contribution in [0.3, 0.4) is 0 Å². The van der Waals surface area contributed by atoms with E-state index >= 15 is 0 Å². The number of rotatable bonds is 4. The lowest BCUT2D eigenvalue weighted by Crippen LogP contribution is -2.52. The van der Waals surface area contributed by atoms with Crippen LogP contribution in [0.5, 0.6) is 0 Å². The molecule has 2 amide bonds. The molecule has 1 saturated carbocycles. The van der Waals surface area contributed by atoms with Gasteiger partial charge in [-0.1, -0.05) is 12.5 Å². The largest absolute Gasteiger partial charge is 0.356 e. The number of benzene rings is 1. The zero-order chi connectivity index (χ0) is 16.4. The van der Waals surface area contributed by atoms with Crippen LogP contribution < -0.4 is 10.6 Å². The van der Waals surface area contributed by atoms with Crippen LogP contribution in [0.25, 0.3) is 0 Å². The third-order valence-corrected chi connectivity index (χ3v) is 5.00. The van der Waals surface area contributed by atoms with E-state index in [1.54, 1.807) is 0 Å². The maximum absolute atomic E-state index is 14.1. The monoisotopic (exact) mass is 322 g/mol. The molecule has 4 nitrogen and oxygen atoms in total. The lowest BCUT2D eigenvalue weighted by molar-refractivity contribution is -0.131. The summed E-state index contributed by atoms with van der Waals surface area (Å²) in [5, 5.41) is 5.58. The minimum atomic E-state index is -0.928. The maximum Gasteiger partial charge on any atom is 0.230 e. The van der Waals surface area contributed by atoms with Gasteiger partial charge in [0.1, 0.15) is 11.6 Å². The van der Waals surface area contributed by atoms with Crippen molar-refractivity contribution < 1.29 is 18.4 Å². The molecule has 1 unspecified atom stereocenters. The number of nitrogens with one attached hydrogen (secondary N) is 2. The fourth-order valence-corrected chi connectivity index (χ4v) is 3.44. The van der Waals surface area contributed by atoms with Crippen molar-refractivity contribution in [2.45, 2.75) is 37.5 Å². The van der Waals surface area contributed by atoms with Gasteiger partial charge in [0, 0.05) is 24.7 Å². The molecule has 2 aliphatic rings. The molecule has 1 aromatic carbocycles. The predicted molar refractivity (Wildman–Crippen MR) is 80.6 cm³/mol. The van der Waals surface area contributed by atoms with Crippen LogP contribution in [0.4, 0.5) is 8.78 Å². The van der Waals surface area contributed by atoms with E-state index in [1.165, 1.54) is 12.1 Å². The fourth-order valence-electron chi connectivity index (χ4n) is 3.44. The lowest BCUT2D eigenvalue weighted by atomic mass is 9.63. The number of hydrogen-bond acceptors (Lipinski definition) is 2. The summed E-state index contributed by atoms with van der Waals surface area (Å²) in [5.74, 6) is -1.89. The zero-order valence-corrected chi connectivity index (χ0v) is 12.8. The second-order valence-electron chi connectivity index (χ2n) is 6.40. The van der Waals surface area contributed by atoms with Crippen molar-refractivity contribution in [3.05, 3.63) is 35.4 Å². The van der Waals surface area contributed by atoms with Gasteiger partial charge in [-0.15, -0.1) is 0 Å². The molecule has 124 valence electrons. The van der Waals surface area contributed by atoms with Crippen molar-refractivity contribution in [3.63, 3.8) is 0 Å². The average Bonchev–Trinajstić information content (AvgIpc) is 2.47. The second-order valence-corrected chi connectivity index (χ2v) is 6.40. The first-order valence-electron chi connectivity index (χ1n) is 8.04. The van der Waals surface area contributed by atoms with Gasteiger partial charge < -0.3 is 10.6 Å². The molecule has 0 aromatic heterocycles. The Labute approximate surface area is 133 Å². The van der Waals surface area contributed by atoms with Crippen LogP contribution in [0.1, 0.15) is 37.7 Å². The van der Waals surface area contributed by atoms with Crippen LogP contribution in [0, 0.1) is 17.6 Å². The smallest absolute Gasteiger partial charge is 0.230 e. The molecular weight excluding hydrogens is 302 g/mol. The van der Waals surface area contributed by atoms with Gasteiger partial charge in [-0.3, -0.25) is 9.59 Å². The second kappa shape index (κ2) is 6.26. The SMILES string of the molecule is O=C1NCCCC1CNC(=O)C1(c2ccc(F)cc2F)CCC1. The Morgan fingerprint density at radius 2 is 2.09 bits per heavy atom.